The van der Waals surface area contributed by atoms with Crippen LogP contribution in [0, 0.1) is 5.92 Å². The number of nitrogens with zero attached hydrogens (tertiary/aromatic N) is 3. The van der Waals surface area contributed by atoms with Crippen LogP contribution in [0.4, 0.5) is 0 Å². The fourth-order valence-corrected chi connectivity index (χ4v) is 5.08. The van der Waals surface area contributed by atoms with Crippen LogP contribution in [0.3, 0.4) is 0 Å². The molecule has 1 saturated heterocycles. The van der Waals surface area contributed by atoms with E-state index in [4.69, 9.17) is 0 Å². The average Bonchev–Trinajstić information content (AvgIpc) is 3.05. The van der Waals surface area contributed by atoms with Gasteiger partial charge in [-0.25, -0.2) is 8.42 Å². The number of nitrogens with one attached hydrogen (secondary N) is 1. The van der Waals surface area contributed by atoms with Gasteiger partial charge in [-0.2, -0.15) is 15.4 Å². The number of aromatic nitrogens is 3. The third-order valence-corrected chi connectivity index (χ3v) is 6.24. The Kier molecular flexibility index (Phi) is 3.73. The quantitative estimate of drug-likeness (QED) is 0.844. The van der Waals surface area contributed by atoms with Gasteiger partial charge in [0, 0.05) is 24.9 Å². The van der Waals surface area contributed by atoms with E-state index >= 15 is 0 Å². The lowest BCUT2D eigenvalue weighted by atomic mass is 9.88. The minimum absolute atomic E-state index is 0.0632. The van der Waals surface area contributed by atoms with Crippen LogP contribution in [0.2, 0.25) is 0 Å². The molecule has 1 fully saturated rings. The largest absolute Gasteiger partial charge is 0.339 e. The van der Waals surface area contributed by atoms with Gasteiger partial charge in [-0.3, -0.25) is 4.79 Å². The highest BCUT2D eigenvalue weighted by atomic mass is 32.2. The molecule has 0 aromatic carbocycles. The average molecular weight is 312 g/mol. The Morgan fingerprint density at radius 2 is 2.10 bits per heavy atom. The van der Waals surface area contributed by atoms with Gasteiger partial charge in [-0.1, -0.05) is 0 Å². The van der Waals surface area contributed by atoms with Crippen LogP contribution in [-0.2, 0) is 27.5 Å². The van der Waals surface area contributed by atoms with Crippen LogP contribution in [0.1, 0.15) is 31.2 Å². The van der Waals surface area contributed by atoms with Crippen LogP contribution in [0.25, 0.3) is 0 Å². The van der Waals surface area contributed by atoms with Gasteiger partial charge in [0.15, 0.2) is 9.84 Å². The molecule has 1 N–H and O–H groups in total. The summed E-state index contributed by atoms with van der Waals surface area (Å²) in [7, 11) is -2.98. The molecule has 0 radical (unpaired) electrons. The first-order valence-corrected chi connectivity index (χ1v) is 9.21. The van der Waals surface area contributed by atoms with Gasteiger partial charge in [0.1, 0.15) is 0 Å². The summed E-state index contributed by atoms with van der Waals surface area (Å²) in [5.74, 6) is 0.257. The molecule has 2 heterocycles. The highest BCUT2D eigenvalue weighted by molar-refractivity contribution is 7.91. The molecule has 1 amide bonds. The van der Waals surface area contributed by atoms with E-state index in [0.717, 1.165) is 24.2 Å². The summed E-state index contributed by atoms with van der Waals surface area (Å²) >= 11 is 0. The van der Waals surface area contributed by atoms with Crippen molar-refractivity contribution in [2.75, 3.05) is 18.1 Å². The van der Waals surface area contributed by atoms with Crippen molar-refractivity contribution in [1.29, 1.82) is 0 Å². The first kappa shape index (κ1) is 14.5. The van der Waals surface area contributed by atoms with Crippen LogP contribution < -0.4 is 0 Å². The number of carbonyl (C=O) groups excluding carboxylic acids is 1. The maximum absolute atomic E-state index is 12.7. The molecule has 0 bridgehead atoms. The molecule has 1 aliphatic heterocycles. The van der Waals surface area contributed by atoms with E-state index in [1.165, 1.54) is 0 Å². The fraction of sp³-hybridized carbons (Fsp3) is 0.769. The second-order valence-electron chi connectivity index (χ2n) is 5.84. The Bertz CT molecular complexity index is 640. The van der Waals surface area contributed by atoms with Crippen molar-refractivity contribution >= 4 is 15.7 Å². The van der Waals surface area contributed by atoms with Gasteiger partial charge in [0.05, 0.1) is 22.9 Å². The Morgan fingerprint density at radius 3 is 2.76 bits per heavy atom. The molecule has 3 rings (SSSR count). The van der Waals surface area contributed by atoms with Crippen LogP contribution in [-0.4, -0.2) is 58.7 Å². The number of fused-ring (bicyclic) bond motifs is 1. The van der Waals surface area contributed by atoms with E-state index in [2.05, 4.69) is 15.4 Å². The van der Waals surface area contributed by atoms with E-state index in [9.17, 15) is 13.2 Å². The highest BCUT2D eigenvalue weighted by Gasteiger charge is 2.37. The van der Waals surface area contributed by atoms with Gasteiger partial charge >= 0.3 is 0 Å². The summed E-state index contributed by atoms with van der Waals surface area (Å²) < 4.78 is 23.3. The first-order valence-electron chi connectivity index (χ1n) is 7.39. The molecule has 116 valence electrons. The van der Waals surface area contributed by atoms with Crippen LogP contribution in [0.5, 0.6) is 0 Å². The molecular formula is C13H20N4O3S. The van der Waals surface area contributed by atoms with E-state index in [1.54, 1.807) is 4.90 Å². The lowest BCUT2D eigenvalue weighted by Crippen LogP contribution is -2.45. The molecule has 0 saturated carbocycles. The number of rotatable bonds is 3. The zero-order valence-electron chi connectivity index (χ0n) is 12.1. The van der Waals surface area contributed by atoms with Gasteiger partial charge in [-0.05, 0) is 26.2 Å². The number of aryl methyl sites for hydroxylation is 1. The summed E-state index contributed by atoms with van der Waals surface area (Å²) in [6, 6.07) is -0.161. The molecule has 21 heavy (non-hydrogen) atoms. The SMILES string of the molecule is CCN(C(=O)C1CCc2n[nH]nc2C1)C1CCS(=O)(=O)C1. The normalized spacial score (nSPS) is 27.3. The smallest absolute Gasteiger partial charge is 0.226 e. The molecular weight excluding hydrogens is 292 g/mol. The molecule has 2 atom stereocenters. The summed E-state index contributed by atoms with van der Waals surface area (Å²) in [5.41, 5.74) is 1.82. The second-order valence-corrected chi connectivity index (χ2v) is 8.07. The monoisotopic (exact) mass is 312 g/mol. The number of H-pyrrole nitrogens is 1. The Balaban J connectivity index is 1.72. The zero-order valence-corrected chi connectivity index (χ0v) is 12.9. The number of hydrogen-bond donors (Lipinski definition) is 1. The van der Waals surface area contributed by atoms with Crippen LogP contribution in [0.15, 0.2) is 0 Å². The molecule has 0 spiro atoms. The van der Waals surface area contributed by atoms with Crippen LogP contribution >= 0.6 is 0 Å². The number of sulfone groups is 1. The molecule has 7 nitrogen and oxygen atoms in total. The number of hydrogen-bond acceptors (Lipinski definition) is 5. The zero-order chi connectivity index (χ0) is 15.0. The summed E-state index contributed by atoms with van der Waals surface area (Å²) in [4.78, 5) is 14.5. The Hall–Kier alpha value is -1.44. The number of aromatic amines is 1. The van der Waals surface area contributed by atoms with Gasteiger partial charge in [0.2, 0.25) is 5.91 Å². The van der Waals surface area contributed by atoms with Crippen molar-refractivity contribution in [3.8, 4) is 0 Å². The molecule has 8 heteroatoms. The predicted molar refractivity (Wildman–Crippen MR) is 76.3 cm³/mol. The first-order chi connectivity index (χ1) is 10.00. The molecule has 1 aliphatic carbocycles. The van der Waals surface area contributed by atoms with E-state index in [-0.39, 0.29) is 29.4 Å². The van der Waals surface area contributed by atoms with E-state index in [1.807, 2.05) is 6.92 Å². The summed E-state index contributed by atoms with van der Waals surface area (Å²) in [6.07, 6.45) is 2.67. The van der Waals surface area contributed by atoms with Crippen molar-refractivity contribution in [2.45, 2.75) is 38.6 Å². The van der Waals surface area contributed by atoms with E-state index in [0.29, 0.717) is 19.4 Å². The molecule has 1 aromatic rings. The lowest BCUT2D eigenvalue weighted by molar-refractivity contribution is -0.137. The topological polar surface area (TPSA) is 96.0 Å². The number of amides is 1. The second kappa shape index (κ2) is 5.40. The van der Waals surface area contributed by atoms with Crippen molar-refractivity contribution in [2.24, 2.45) is 5.92 Å². The molecule has 1 aromatic heterocycles. The van der Waals surface area contributed by atoms with Crippen molar-refractivity contribution in [3.05, 3.63) is 11.4 Å². The maximum Gasteiger partial charge on any atom is 0.226 e. The Morgan fingerprint density at radius 1 is 1.33 bits per heavy atom. The third-order valence-electron chi connectivity index (χ3n) is 4.49. The summed E-state index contributed by atoms with van der Waals surface area (Å²) in [6.45, 7) is 2.47. The molecule has 2 aliphatic rings. The Labute approximate surface area is 124 Å². The minimum Gasteiger partial charge on any atom is -0.339 e. The standard InChI is InChI=1S/C13H20N4O3S/c1-2-17(10-5-6-21(19,20)8-10)13(18)9-3-4-11-12(7-9)15-16-14-11/h9-10H,2-8H2,1H3,(H,14,15,16). The summed E-state index contributed by atoms with van der Waals surface area (Å²) in [5, 5.41) is 10.8. The van der Waals surface area contributed by atoms with Gasteiger partial charge < -0.3 is 4.90 Å². The van der Waals surface area contributed by atoms with E-state index < -0.39 is 9.84 Å². The highest BCUT2D eigenvalue weighted by Crippen LogP contribution is 2.26. The predicted octanol–water partition coefficient (Wildman–Crippen LogP) is -0.0548. The van der Waals surface area contributed by atoms with Gasteiger partial charge in [0.25, 0.3) is 0 Å². The van der Waals surface area contributed by atoms with Crippen molar-refractivity contribution < 1.29 is 13.2 Å². The third kappa shape index (κ3) is 2.81. The maximum atomic E-state index is 12.7. The van der Waals surface area contributed by atoms with Crippen molar-refractivity contribution in [1.82, 2.24) is 20.3 Å². The number of carbonyl (C=O) groups is 1. The molecule has 2 unspecified atom stereocenters. The minimum atomic E-state index is -2.98. The van der Waals surface area contributed by atoms with Gasteiger partial charge in [-0.15, -0.1) is 0 Å². The fourth-order valence-electron chi connectivity index (χ4n) is 3.35. The lowest BCUT2D eigenvalue weighted by Gasteiger charge is -2.31. The van der Waals surface area contributed by atoms with Crippen molar-refractivity contribution in [3.63, 3.8) is 0 Å².